The quantitative estimate of drug-likeness (QED) is 0.915. The molecule has 4 nitrogen and oxygen atoms in total. The Morgan fingerprint density at radius 3 is 2.86 bits per heavy atom. The van der Waals surface area contributed by atoms with Gasteiger partial charge in [0.1, 0.15) is 11.2 Å². The fraction of sp³-hybridized carbons (Fsp3) is 0.571. The Hall–Kier alpha value is -0.790. The van der Waals surface area contributed by atoms with Gasteiger partial charge in [-0.2, -0.15) is 11.8 Å². The minimum absolute atomic E-state index is 0.101. The predicted octanol–water partition coefficient (Wildman–Crippen LogP) is 2.16. The first-order valence-electron chi connectivity index (χ1n) is 6.97. The number of nitrogens with two attached hydrogens (primary N) is 1. The van der Waals surface area contributed by atoms with Crippen molar-refractivity contribution in [1.82, 2.24) is 0 Å². The Balaban J connectivity index is 2.47. The first kappa shape index (κ1) is 16.6. The van der Waals surface area contributed by atoms with Crippen LogP contribution in [0.25, 0.3) is 0 Å². The fourth-order valence-electron chi connectivity index (χ4n) is 2.50. The highest BCUT2D eigenvalue weighted by molar-refractivity contribution is 8.01. The molecule has 2 atom stereocenters. The highest BCUT2D eigenvalue weighted by Gasteiger charge is 2.34. The van der Waals surface area contributed by atoms with Gasteiger partial charge in [0, 0.05) is 35.5 Å². The summed E-state index contributed by atoms with van der Waals surface area (Å²) in [4.78, 5) is 1.87. The number of hydrogen-bond acceptors (Lipinski definition) is 5. The lowest BCUT2D eigenvalue weighted by Gasteiger charge is -2.38. The van der Waals surface area contributed by atoms with E-state index in [9.17, 15) is 12.8 Å². The molecule has 1 unspecified atom stereocenters. The van der Waals surface area contributed by atoms with Crippen molar-refractivity contribution < 1.29 is 12.8 Å². The summed E-state index contributed by atoms with van der Waals surface area (Å²) in [5, 5.41) is -0.566. The van der Waals surface area contributed by atoms with Gasteiger partial charge in [-0.15, -0.1) is 0 Å². The number of rotatable bonds is 4. The lowest BCUT2D eigenvalue weighted by molar-refractivity contribution is 0.578. The van der Waals surface area contributed by atoms with E-state index in [2.05, 4.69) is 0 Å². The van der Waals surface area contributed by atoms with E-state index in [1.165, 1.54) is 12.1 Å². The molecular formula is C14H21FN2O2S2. The molecule has 0 saturated carbocycles. The second kappa shape index (κ2) is 6.54. The highest BCUT2D eigenvalue weighted by Crippen LogP contribution is 2.32. The number of anilines is 1. The smallest absolute Gasteiger partial charge is 0.171 e. The van der Waals surface area contributed by atoms with Crippen molar-refractivity contribution >= 4 is 27.3 Å². The van der Waals surface area contributed by atoms with Crippen LogP contribution in [0.15, 0.2) is 18.2 Å². The van der Waals surface area contributed by atoms with Crippen molar-refractivity contribution in [2.75, 3.05) is 28.7 Å². The lowest BCUT2D eigenvalue weighted by atomic mass is 10.1. The van der Waals surface area contributed by atoms with Gasteiger partial charge in [-0.1, -0.05) is 6.92 Å². The molecule has 1 aliphatic rings. The van der Waals surface area contributed by atoms with Crippen molar-refractivity contribution in [3.05, 3.63) is 29.6 Å². The fourth-order valence-corrected chi connectivity index (χ4v) is 5.48. The molecule has 0 spiro atoms. The van der Waals surface area contributed by atoms with E-state index in [-0.39, 0.29) is 17.6 Å². The number of sulfone groups is 1. The van der Waals surface area contributed by atoms with Gasteiger partial charge in [0.2, 0.25) is 0 Å². The molecule has 21 heavy (non-hydrogen) atoms. The zero-order valence-electron chi connectivity index (χ0n) is 12.3. The van der Waals surface area contributed by atoms with E-state index >= 15 is 0 Å². The molecule has 2 N–H and O–H groups in total. The summed E-state index contributed by atoms with van der Waals surface area (Å²) in [5.41, 5.74) is 7.31. The van der Waals surface area contributed by atoms with Gasteiger partial charge in [0.05, 0.1) is 0 Å². The van der Waals surface area contributed by atoms with Gasteiger partial charge in [-0.25, -0.2) is 12.8 Å². The summed E-state index contributed by atoms with van der Waals surface area (Å²) >= 11 is 1.63. The number of thioether (sulfide) groups is 1. The van der Waals surface area contributed by atoms with Crippen molar-refractivity contribution in [1.29, 1.82) is 0 Å². The largest absolute Gasteiger partial charge is 0.353 e. The Bertz CT molecular complexity index is 605. The molecule has 1 aromatic rings. The Labute approximate surface area is 129 Å². The summed E-state index contributed by atoms with van der Waals surface area (Å²) in [5.74, 6) is 1.13. The number of halogens is 1. The van der Waals surface area contributed by atoms with Crippen LogP contribution in [0.3, 0.4) is 0 Å². The van der Waals surface area contributed by atoms with Crippen LogP contribution < -0.4 is 10.6 Å². The van der Waals surface area contributed by atoms with Crippen molar-refractivity contribution in [3.63, 3.8) is 0 Å². The molecule has 1 aliphatic heterocycles. The van der Waals surface area contributed by atoms with Crippen LogP contribution in [0.5, 0.6) is 0 Å². The predicted molar refractivity (Wildman–Crippen MR) is 86.9 cm³/mol. The summed E-state index contributed by atoms with van der Waals surface area (Å²) < 4.78 is 38.1. The molecule has 0 aliphatic carbocycles. The monoisotopic (exact) mass is 332 g/mol. The summed E-state index contributed by atoms with van der Waals surface area (Å²) in [7, 11) is -3.20. The topological polar surface area (TPSA) is 63.4 Å². The van der Waals surface area contributed by atoms with Crippen LogP contribution in [-0.2, 0) is 9.84 Å². The van der Waals surface area contributed by atoms with Gasteiger partial charge in [-0.05, 0) is 30.7 Å². The third-order valence-electron chi connectivity index (χ3n) is 3.69. The Morgan fingerprint density at radius 1 is 1.52 bits per heavy atom. The molecule has 0 bridgehead atoms. The highest BCUT2D eigenvalue weighted by atomic mass is 32.2. The van der Waals surface area contributed by atoms with Gasteiger partial charge < -0.3 is 10.6 Å². The van der Waals surface area contributed by atoms with Crippen molar-refractivity contribution in [2.45, 2.75) is 25.3 Å². The average molecular weight is 332 g/mol. The number of hydrogen-bond donors (Lipinski definition) is 1. The van der Waals surface area contributed by atoms with Crippen LogP contribution >= 0.6 is 11.8 Å². The molecule has 0 aromatic heterocycles. The van der Waals surface area contributed by atoms with E-state index in [0.29, 0.717) is 17.9 Å². The summed E-state index contributed by atoms with van der Waals surface area (Å²) in [6, 6.07) is 4.05. The third kappa shape index (κ3) is 3.52. The van der Waals surface area contributed by atoms with Gasteiger partial charge in [0.15, 0.2) is 9.84 Å². The summed E-state index contributed by atoms with van der Waals surface area (Å²) in [6.45, 7) is 4.06. The zero-order valence-corrected chi connectivity index (χ0v) is 13.9. The standard InChI is InChI=1S/C14H21FN2O2S2/c1-3-21(18,19)14-9-20-7-6-17(14)13-5-4-11(15)8-12(13)10(2)16/h4-5,8,10,14H,3,6-7,9,16H2,1-2H3/t10-,14?/m1/s1. The van der Waals surface area contributed by atoms with Crippen LogP contribution in [0.2, 0.25) is 0 Å². The van der Waals surface area contributed by atoms with Crippen LogP contribution in [-0.4, -0.2) is 37.6 Å². The van der Waals surface area contributed by atoms with Crippen LogP contribution in [0, 0.1) is 5.82 Å². The van der Waals surface area contributed by atoms with Crippen molar-refractivity contribution in [2.24, 2.45) is 5.73 Å². The van der Waals surface area contributed by atoms with Crippen LogP contribution in [0.1, 0.15) is 25.5 Å². The normalized spacial score (nSPS) is 21.3. The lowest BCUT2D eigenvalue weighted by Crippen LogP contribution is -2.48. The van der Waals surface area contributed by atoms with E-state index in [1.807, 2.05) is 4.90 Å². The molecule has 2 rings (SSSR count). The van der Waals surface area contributed by atoms with E-state index in [1.54, 1.807) is 31.7 Å². The van der Waals surface area contributed by atoms with Crippen molar-refractivity contribution in [3.8, 4) is 0 Å². The third-order valence-corrected chi connectivity index (χ3v) is 6.98. The van der Waals surface area contributed by atoms with Gasteiger partial charge >= 0.3 is 0 Å². The molecule has 1 fully saturated rings. The molecule has 1 heterocycles. The zero-order chi connectivity index (χ0) is 15.6. The van der Waals surface area contributed by atoms with Gasteiger partial charge in [0.25, 0.3) is 0 Å². The molecule has 0 radical (unpaired) electrons. The van der Waals surface area contributed by atoms with Gasteiger partial charge in [-0.3, -0.25) is 0 Å². The number of nitrogens with zero attached hydrogens (tertiary/aromatic N) is 1. The maximum Gasteiger partial charge on any atom is 0.171 e. The molecule has 118 valence electrons. The number of benzene rings is 1. The first-order valence-corrected chi connectivity index (χ1v) is 9.84. The van der Waals surface area contributed by atoms with E-state index in [4.69, 9.17) is 5.73 Å². The average Bonchev–Trinajstić information content (AvgIpc) is 2.47. The maximum absolute atomic E-state index is 13.5. The van der Waals surface area contributed by atoms with Crippen LogP contribution in [0.4, 0.5) is 10.1 Å². The molecule has 7 heteroatoms. The second-order valence-electron chi connectivity index (χ2n) is 5.17. The first-order chi connectivity index (χ1) is 9.86. The minimum atomic E-state index is -3.20. The SMILES string of the molecule is CCS(=O)(=O)C1CSCCN1c1ccc(F)cc1[C@@H](C)N. The summed E-state index contributed by atoms with van der Waals surface area (Å²) in [6.07, 6.45) is 0. The Kier molecular flexibility index (Phi) is 5.16. The minimum Gasteiger partial charge on any atom is -0.353 e. The Morgan fingerprint density at radius 2 is 2.24 bits per heavy atom. The molecule has 1 saturated heterocycles. The van der Waals surface area contributed by atoms with E-state index < -0.39 is 15.2 Å². The molecule has 0 amide bonds. The second-order valence-corrected chi connectivity index (χ2v) is 8.76. The molecular weight excluding hydrogens is 311 g/mol. The molecule has 1 aromatic carbocycles. The maximum atomic E-state index is 13.5. The van der Waals surface area contributed by atoms with E-state index in [0.717, 1.165) is 11.4 Å².